The van der Waals surface area contributed by atoms with Crippen LogP contribution in [0.15, 0.2) is 78.9 Å². The molecule has 2 N–H and O–H groups in total. The molecule has 7 heteroatoms. The fourth-order valence-electron chi connectivity index (χ4n) is 4.50. The lowest BCUT2D eigenvalue weighted by molar-refractivity contribution is -0.118. The van der Waals surface area contributed by atoms with E-state index >= 15 is 0 Å². The van der Waals surface area contributed by atoms with E-state index in [4.69, 9.17) is 5.10 Å². The summed E-state index contributed by atoms with van der Waals surface area (Å²) in [7, 11) is 0. The van der Waals surface area contributed by atoms with E-state index in [1.54, 1.807) is 41.1 Å². The normalized spacial score (nSPS) is 16.7. The number of fused-ring (bicyclic) bond motifs is 1. The van der Waals surface area contributed by atoms with Crippen molar-refractivity contribution in [3.8, 4) is 11.8 Å². The van der Waals surface area contributed by atoms with Crippen molar-refractivity contribution in [3.63, 3.8) is 0 Å². The number of benzene rings is 3. The first-order valence-electron chi connectivity index (χ1n) is 11.3. The van der Waals surface area contributed by atoms with Gasteiger partial charge in [0.25, 0.3) is 5.91 Å². The Balaban J connectivity index is 1.63. The molecule has 1 aliphatic rings. The van der Waals surface area contributed by atoms with Gasteiger partial charge in [0.15, 0.2) is 0 Å². The van der Waals surface area contributed by atoms with Crippen LogP contribution in [0.1, 0.15) is 44.2 Å². The maximum Gasteiger partial charge on any atom is 0.251 e. The summed E-state index contributed by atoms with van der Waals surface area (Å²) in [5.74, 6) is -0.574. The maximum absolute atomic E-state index is 13.5. The summed E-state index contributed by atoms with van der Waals surface area (Å²) in [6, 6.07) is 25.1. The van der Waals surface area contributed by atoms with Gasteiger partial charge in [-0.25, -0.2) is 4.68 Å². The molecule has 0 unspecified atom stereocenters. The highest BCUT2D eigenvalue weighted by Gasteiger charge is 2.41. The molecule has 0 fully saturated rings. The highest BCUT2D eigenvalue weighted by molar-refractivity contribution is 6.04. The van der Waals surface area contributed by atoms with Crippen LogP contribution < -0.4 is 10.6 Å². The van der Waals surface area contributed by atoms with E-state index < -0.39 is 12.0 Å². The number of carbonyl (C=O) groups excluding carboxylic acids is 2. The van der Waals surface area contributed by atoms with Crippen LogP contribution in [0.3, 0.4) is 0 Å². The first kappa shape index (κ1) is 22.1. The van der Waals surface area contributed by atoms with Crippen LogP contribution in [0.2, 0.25) is 0 Å². The lowest BCUT2D eigenvalue weighted by Gasteiger charge is -2.33. The lowest BCUT2D eigenvalue weighted by atomic mass is 9.81. The molecule has 5 rings (SSSR count). The maximum atomic E-state index is 13.5. The van der Waals surface area contributed by atoms with Crippen molar-refractivity contribution in [1.29, 1.82) is 5.26 Å². The topological polar surface area (TPSA) is 99.8 Å². The summed E-state index contributed by atoms with van der Waals surface area (Å²) in [6.45, 7) is 3.91. The molecule has 0 radical (unpaired) electrons. The standard InChI is InChI=1S/C28H23N5O2/c1-17-8-14-22(15-9-17)33-26-23(18(2)32-33)24(20-12-10-19(16-29)11-13-20)25(28(35)31-26)30-27(34)21-6-4-3-5-7-21/h3-15,24-25H,1-2H3,(H,30,34)(H,31,35)/t24-,25+/m1/s1. The summed E-state index contributed by atoms with van der Waals surface area (Å²) in [5.41, 5.74) is 5.32. The van der Waals surface area contributed by atoms with E-state index in [2.05, 4.69) is 16.7 Å². The van der Waals surface area contributed by atoms with Crippen LogP contribution in [0.4, 0.5) is 5.82 Å². The van der Waals surface area contributed by atoms with Gasteiger partial charge in [0.2, 0.25) is 5.91 Å². The van der Waals surface area contributed by atoms with Crippen LogP contribution in [0.5, 0.6) is 0 Å². The molecule has 0 aliphatic carbocycles. The summed E-state index contributed by atoms with van der Waals surface area (Å²) in [6.07, 6.45) is 0. The van der Waals surface area contributed by atoms with E-state index in [0.717, 1.165) is 28.1 Å². The average Bonchev–Trinajstić information content (AvgIpc) is 3.21. The molecule has 0 spiro atoms. The minimum atomic E-state index is -0.863. The van der Waals surface area contributed by atoms with Crippen molar-refractivity contribution in [2.75, 3.05) is 5.32 Å². The average molecular weight is 462 g/mol. The fraction of sp³-hybridized carbons (Fsp3) is 0.143. The van der Waals surface area contributed by atoms with E-state index in [0.29, 0.717) is 16.9 Å². The smallest absolute Gasteiger partial charge is 0.251 e. The quantitative estimate of drug-likeness (QED) is 0.475. The van der Waals surface area contributed by atoms with Crippen LogP contribution in [0, 0.1) is 25.2 Å². The minimum Gasteiger partial charge on any atom is -0.339 e. The van der Waals surface area contributed by atoms with Gasteiger partial charge >= 0.3 is 0 Å². The number of aromatic nitrogens is 2. The van der Waals surface area contributed by atoms with Crippen molar-refractivity contribution < 1.29 is 9.59 Å². The zero-order valence-corrected chi connectivity index (χ0v) is 19.3. The Morgan fingerprint density at radius 2 is 1.69 bits per heavy atom. The number of nitrogens with one attached hydrogen (secondary N) is 2. The van der Waals surface area contributed by atoms with Gasteiger partial charge in [-0.1, -0.05) is 48.0 Å². The number of carbonyl (C=O) groups is 2. The number of amides is 2. The summed E-state index contributed by atoms with van der Waals surface area (Å²) >= 11 is 0. The van der Waals surface area contributed by atoms with Gasteiger partial charge in [-0.2, -0.15) is 10.4 Å². The first-order valence-corrected chi connectivity index (χ1v) is 11.3. The number of nitriles is 1. The highest BCUT2D eigenvalue weighted by Crippen LogP contribution is 2.40. The predicted molar refractivity (Wildman–Crippen MR) is 132 cm³/mol. The Hall–Kier alpha value is -4.70. The van der Waals surface area contributed by atoms with Crippen molar-refractivity contribution in [1.82, 2.24) is 15.1 Å². The van der Waals surface area contributed by atoms with Crippen molar-refractivity contribution >= 4 is 17.6 Å². The van der Waals surface area contributed by atoms with Gasteiger partial charge in [0.05, 0.1) is 23.0 Å². The molecule has 2 heterocycles. The van der Waals surface area contributed by atoms with Gasteiger partial charge in [0, 0.05) is 17.0 Å². The molecular formula is C28H23N5O2. The second-order valence-electron chi connectivity index (χ2n) is 8.61. The Bertz CT molecular complexity index is 1450. The molecule has 172 valence electrons. The zero-order valence-electron chi connectivity index (χ0n) is 19.3. The van der Waals surface area contributed by atoms with Crippen molar-refractivity contribution in [2.24, 2.45) is 0 Å². The van der Waals surface area contributed by atoms with Gasteiger partial charge in [0.1, 0.15) is 11.9 Å². The molecule has 1 aliphatic heterocycles. The number of hydrogen-bond donors (Lipinski definition) is 2. The third kappa shape index (κ3) is 4.06. The van der Waals surface area contributed by atoms with Crippen molar-refractivity contribution in [3.05, 3.63) is 112 Å². The second kappa shape index (κ2) is 8.92. The van der Waals surface area contributed by atoms with Crippen LogP contribution in [0.25, 0.3) is 5.69 Å². The summed E-state index contributed by atoms with van der Waals surface area (Å²) < 4.78 is 1.73. The molecule has 7 nitrogen and oxygen atoms in total. The minimum absolute atomic E-state index is 0.329. The predicted octanol–water partition coefficient (Wildman–Crippen LogP) is 4.24. The molecule has 0 bridgehead atoms. The monoisotopic (exact) mass is 461 g/mol. The largest absolute Gasteiger partial charge is 0.339 e. The van der Waals surface area contributed by atoms with E-state index in [9.17, 15) is 14.9 Å². The Morgan fingerprint density at radius 1 is 1.00 bits per heavy atom. The number of nitrogens with zero attached hydrogens (tertiary/aromatic N) is 3. The van der Waals surface area contributed by atoms with Gasteiger partial charge < -0.3 is 10.6 Å². The molecular weight excluding hydrogens is 438 g/mol. The second-order valence-corrected chi connectivity index (χ2v) is 8.61. The Morgan fingerprint density at radius 3 is 2.34 bits per heavy atom. The Labute approximate surface area is 203 Å². The van der Waals surface area contributed by atoms with Gasteiger partial charge in [-0.15, -0.1) is 0 Å². The summed E-state index contributed by atoms with van der Waals surface area (Å²) in [4.78, 5) is 26.5. The van der Waals surface area contributed by atoms with Crippen LogP contribution in [-0.2, 0) is 4.79 Å². The molecule has 3 aromatic carbocycles. The van der Waals surface area contributed by atoms with E-state index in [1.807, 2.05) is 56.3 Å². The third-order valence-corrected chi connectivity index (χ3v) is 6.28. The fourth-order valence-corrected chi connectivity index (χ4v) is 4.50. The van der Waals surface area contributed by atoms with E-state index in [1.165, 1.54) is 0 Å². The lowest BCUT2D eigenvalue weighted by Crippen LogP contribution is -2.50. The molecule has 4 aromatic rings. The van der Waals surface area contributed by atoms with Crippen LogP contribution >= 0.6 is 0 Å². The molecule has 35 heavy (non-hydrogen) atoms. The van der Waals surface area contributed by atoms with Crippen molar-refractivity contribution in [2.45, 2.75) is 25.8 Å². The number of hydrogen-bond acceptors (Lipinski definition) is 4. The molecule has 0 saturated carbocycles. The Kier molecular flexibility index (Phi) is 5.63. The number of aryl methyl sites for hydroxylation is 2. The van der Waals surface area contributed by atoms with Gasteiger partial charge in [-0.05, 0) is 55.8 Å². The number of rotatable bonds is 4. The molecule has 2 atom stereocenters. The number of anilines is 1. The molecule has 2 amide bonds. The van der Waals surface area contributed by atoms with Gasteiger partial charge in [-0.3, -0.25) is 9.59 Å². The highest BCUT2D eigenvalue weighted by atomic mass is 16.2. The third-order valence-electron chi connectivity index (χ3n) is 6.28. The first-order chi connectivity index (χ1) is 17.0. The zero-order chi connectivity index (χ0) is 24.5. The SMILES string of the molecule is Cc1ccc(-n2nc(C)c3c2NC(=O)[C@@H](NC(=O)c2ccccc2)[C@@H]3c2ccc(C#N)cc2)cc1. The summed E-state index contributed by atoms with van der Waals surface area (Å²) in [5, 5.41) is 19.9. The molecule has 1 aromatic heterocycles. The molecule has 0 saturated heterocycles. The van der Waals surface area contributed by atoms with E-state index in [-0.39, 0.29) is 11.8 Å². The van der Waals surface area contributed by atoms with Crippen LogP contribution in [-0.4, -0.2) is 27.6 Å².